The number of hydrogen-bond acceptors (Lipinski definition) is 0. The van der Waals surface area contributed by atoms with E-state index >= 15 is 0 Å². The fourth-order valence-electron chi connectivity index (χ4n) is 10.3. The van der Waals surface area contributed by atoms with Crippen LogP contribution in [-0.2, 0) is 5.41 Å². The molecule has 0 fully saturated rings. The summed E-state index contributed by atoms with van der Waals surface area (Å²) in [4.78, 5) is 0. The number of rotatable bonds is 4. The standard InChI is InChI=1S/C51H44N2/c1-51(2)45-25-21-34(33-13-5-3-6-14-33)29-41(45)42-32-38(24-26-46(42)51)53-48-20-12-10-18-40(48)44-31-36(23-28-50(44)53)35-22-27-49-43(30-35)39-17-9-11-19-47(39)52(49)37-15-7-4-8-16-37/h3-5,7,9-13,15,17-21,23,25,27-32,35H,6,8,14,16,22,24,26H2,1-2H3. The Morgan fingerprint density at radius 2 is 1.43 bits per heavy atom. The Labute approximate surface area is 311 Å². The van der Waals surface area contributed by atoms with Gasteiger partial charge in [-0.2, -0.15) is 0 Å². The third-order valence-electron chi connectivity index (χ3n) is 13.0. The van der Waals surface area contributed by atoms with Crippen molar-refractivity contribution in [3.8, 4) is 0 Å². The molecule has 2 aromatic heterocycles. The van der Waals surface area contributed by atoms with Crippen molar-refractivity contribution in [2.45, 2.75) is 70.1 Å². The van der Waals surface area contributed by atoms with E-state index < -0.39 is 0 Å². The Kier molecular flexibility index (Phi) is 6.84. The lowest BCUT2D eigenvalue weighted by Crippen LogP contribution is -2.32. The van der Waals surface area contributed by atoms with Crippen molar-refractivity contribution in [1.82, 2.24) is 9.13 Å². The average molecular weight is 685 g/mol. The molecule has 0 N–H and O–H groups in total. The predicted molar refractivity (Wildman–Crippen MR) is 226 cm³/mol. The summed E-state index contributed by atoms with van der Waals surface area (Å²) in [6.45, 7) is 4.87. The number of allylic oxidation sites excluding steroid dienone is 12. The average Bonchev–Trinajstić information content (AvgIpc) is 3.80. The van der Waals surface area contributed by atoms with E-state index in [0.29, 0.717) is 5.92 Å². The lowest BCUT2D eigenvalue weighted by atomic mass is 9.78. The molecule has 2 nitrogen and oxygen atoms in total. The Balaban J connectivity index is 1.03. The minimum Gasteiger partial charge on any atom is -0.313 e. The smallest absolute Gasteiger partial charge is 0.0538 e. The molecule has 2 heteroatoms. The molecule has 6 aromatic rings. The van der Waals surface area contributed by atoms with Crippen LogP contribution in [0.15, 0.2) is 133 Å². The van der Waals surface area contributed by atoms with Crippen LogP contribution in [0.25, 0.3) is 67.4 Å². The van der Waals surface area contributed by atoms with Gasteiger partial charge in [-0.15, -0.1) is 0 Å². The Bertz CT molecular complexity index is 2880. The lowest BCUT2D eigenvalue weighted by molar-refractivity contribution is 0.607. The molecule has 0 radical (unpaired) electrons. The van der Waals surface area contributed by atoms with E-state index in [4.69, 9.17) is 0 Å². The van der Waals surface area contributed by atoms with Crippen molar-refractivity contribution < 1.29 is 0 Å². The first-order valence-corrected chi connectivity index (χ1v) is 19.7. The van der Waals surface area contributed by atoms with Gasteiger partial charge < -0.3 is 9.13 Å². The van der Waals surface area contributed by atoms with Gasteiger partial charge in [-0.25, -0.2) is 0 Å². The topological polar surface area (TPSA) is 9.86 Å². The van der Waals surface area contributed by atoms with Crippen LogP contribution in [0.2, 0.25) is 0 Å². The van der Waals surface area contributed by atoms with Crippen LogP contribution >= 0.6 is 0 Å². The number of aromatic nitrogens is 2. The van der Waals surface area contributed by atoms with E-state index in [9.17, 15) is 0 Å². The Morgan fingerprint density at radius 1 is 0.660 bits per heavy atom. The molecule has 1 unspecified atom stereocenters. The third-order valence-corrected chi connectivity index (χ3v) is 13.0. The van der Waals surface area contributed by atoms with Gasteiger partial charge in [0.2, 0.25) is 0 Å². The van der Waals surface area contributed by atoms with E-state index in [0.717, 1.165) is 44.9 Å². The van der Waals surface area contributed by atoms with Gasteiger partial charge >= 0.3 is 0 Å². The zero-order chi connectivity index (χ0) is 35.3. The molecule has 0 bridgehead atoms. The van der Waals surface area contributed by atoms with Crippen LogP contribution in [0.1, 0.15) is 87.0 Å². The molecular weight excluding hydrogens is 641 g/mol. The molecule has 0 saturated heterocycles. The van der Waals surface area contributed by atoms with Crippen LogP contribution in [-0.4, -0.2) is 9.13 Å². The van der Waals surface area contributed by atoms with E-state index in [-0.39, 0.29) is 5.41 Å². The number of benzene rings is 4. The van der Waals surface area contributed by atoms with Crippen molar-refractivity contribution in [3.63, 3.8) is 0 Å². The normalized spacial score (nSPS) is 20.1. The molecule has 5 aliphatic carbocycles. The molecule has 0 aliphatic heterocycles. The summed E-state index contributed by atoms with van der Waals surface area (Å²) in [5.74, 6) is 0.330. The van der Waals surface area contributed by atoms with E-state index in [1.807, 2.05) is 0 Å². The highest BCUT2D eigenvalue weighted by molar-refractivity contribution is 6.11. The van der Waals surface area contributed by atoms with Gasteiger partial charge in [-0.05, 0) is 121 Å². The quantitative estimate of drug-likeness (QED) is 0.175. The van der Waals surface area contributed by atoms with Crippen LogP contribution in [0, 0.1) is 0 Å². The highest BCUT2D eigenvalue weighted by atomic mass is 15.0. The number of nitrogens with zero attached hydrogens (tertiary/aromatic N) is 2. The fourth-order valence-corrected chi connectivity index (χ4v) is 10.3. The second-order valence-electron chi connectivity index (χ2n) is 16.2. The summed E-state index contributed by atoms with van der Waals surface area (Å²) < 4.78 is 5.10. The van der Waals surface area contributed by atoms with Crippen LogP contribution in [0.3, 0.4) is 0 Å². The monoisotopic (exact) mass is 684 g/mol. The minimum absolute atomic E-state index is 0.0475. The molecule has 0 amide bonds. The fraction of sp³-hybridized carbons (Fsp3) is 0.216. The molecule has 258 valence electrons. The predicted octanol–water partition coefficient (Wildman–Crippen LogP) is 11.8. The second-order valence-corrected chi connectivity index (χ2v) is 16.2. The zero-order valence-electron chi connectivity index (χ0n) is 30.7. The number of hydrogen-bond donors (Lipinski definition) is 0. The molecule has 53 heavy (non-hydrogen) atoms. The van der Waals surface area contributed by atoms with Crippen LogP contribution in [0.5, 0.6) is 0 Å². The largest absolute Gasteiger partial charge is 0.313 e. The van der Waals surface area contributed by atoms with Crippen molar-refractivity contribution >= 4 is 67.4 Å². The third kappa shape index (κ3) is 4.64. The highest BCUT2D eigenvalue weighted by Crippen LogP contribution is 2.53. The molecule has 11 rings (SSSR count). The van der Waals surface area contributed by atoms with E-state index in [1.165, 1.54) is 88.1 Å². The van der Waals surface area contributed by atoms with E-state index in [1.54, 1.807) is 5.57 Å². The van der Waals surface area contributed by atoms with Crippen LogP contribution < -0.4 is 10.6 Å². The van der Waals surface area contributed by atoms with Gasteiger partial charge in [-0.1, -0.05) is 117 Å². The number of fused-ring (bicyclic) bond motifs is 8. The molecule has 5 aliphatic rings. The molecule has 0 spiro atoms. The summed E-state index contributed by atoms with van der Waals surface area (Å²) in [5, 5.41) is 6.78. The molecule has 4 aromatic carbocycles. The maximum atomic E-state index is 2.58. The van der Waals surface area contributed by atoms with Gasteiger partial charge in [0.05, 0.1) is 16.6 Å². The minimum atomic E-state index is 0.0475. The van der Waals surface area contributed by atoms with Gasteiger partial charge in [-0.3, -0.25) is 0 Å². The van der Waals surface area contributed by atoms with Crippen molar-refractivity contribution in [3.05, 3.63) is 166 Å². The maximum Gasteiger partial charge on any atom is 0.0538 e. The van der Waals surface area contributed by atoms with Crippen molar-refractivity contribution in [1.29, 1.82) is 0 Å². The van der Waals surface area contributed by atoms with Gasteiger partial charge in [0, 0.05) is 49.5 Å². The van der Waals surface area contributed by atoms with Gasteiger partial charge in [0.1, 0.15) is 0 Å². The Morgan fingerprint density at radius 3 is 2.25 bits per heavy atom. The van der Waals surface area contributed by atoms with Crippen molar-refractivity contribution in [2.75, 3.05) is 0 Å². The highest BCUT2D eigenvalue weighted by Gasteiger charge is 2.39. The second kappa shape index (κ2) is 11.7. The summed E-state index contributed by atoms with van der Waals surface area (Å²) in [7, 11) is 0. The lowest BCUT2D eigenvalue weighted by Gasteiger charge is -2.27. The summed E-state index contributed by atoms with van der Waals surface area (Å²) in [6.07, 6.45) is 28.8. The molecular formula is C51H44N2. The van der Waals surface area contributed by atoms with Gasteiger partial charge in [0.15, 0.2) is 0 Å². The Hall–Kier alpha value is -5.60. The van der Waals surface area contributed by atoms with Crippen LogP contribution in [0.4, 0.5) is 0 Å². The molecule has 2 heterocycles. The summed E-state index contributed by atoms with van der Waals surface area (Å²) >= 11 is 0. The van der Waals surface area contributed by atoms with Crippen molar-refractivity contribution in [2.24, 2.45) is 0 Å². The SMILES string of the molecule is CC1(C)C2=C(C=C(n3c4ccccc4c4cc(C5C=c6c(n(C7=CC=CCC7)c7ccccc67)=CC5)ccc43)CC2)c2cc(C3=CC=CCC3)ccc21. The molecule has 0 saturated carbocycles. The maximum absolute atomic E-state index is 2.58. The summed E-state index contributed by atoms with van der Waals surface area (Å²) in [6, 6.07) is 32.6. The first-order chi connectivity index (χ1) is 26.0. The first kappa shape index (κ1) is 31.0. The summed E-state index contributed by atoms with van der Waals surface area (Å²) in [5.41, 5.74) is 16.9. The molecule has 1 atom stereocenters. The first-order valence-electron chi connectivity index (χ1n) is 19.7. The zero-order valence-corrected chi connectivity index (χ0v) is 30.7. The number of para-hydroxylation sites is 2. The van der Waals surface area contributed by atoms with E-state index in [2.05, 4.69) is 163 Å². The van der Waals surface area contributed by atoms with Gasteiger partial charge in [0.25, 0.3) is 0 Å².